The zero-order chi connectivity index (χ0) is 17.2. The molecule has 3 fully saturated rings. The highest BCUT2D eigenvalue weighted by atomic mass is 16.2. The molecule has 0 radical (unpaired) electrons. The molecule has 1 aliphatic carbocycles. The number of rotatable bonds is 6. The van der Waals surface area contributed by atoms with Crippen LogP contribution in [0.1, 0.15) is 56.6 Å². The van der Waals surface area contributed by atoms with Gasteiger partial charge in [0.15, 0.2) is 0 Å². The van der Waals surface area contributed by atoms with Crippen LogP contribution in [0.5, 0.6) is 0 Å². The smallest absolute Gasteiger partial charge is 0.266 e. The van der Waals surface area contributed by atoms with Crippen LogP contribution in [0.25, 0.3) is 0 Å². The highest BCUT2D eigenvalue weighted by molar-refractivity contribution is 5.76. The summed E-state index contributed by atoms with van der Waals surface area (Å²) in [6.45, 7) is 4.37. The van der Waals surface area contributed by atoms with Crippen molar-refractivity contribution in [2.24, 2.45) is 0 Å². The molecule has 2 saturated heterocycles. The van der Waals surface area contributed by atoms with E-state index in [1.54, 1.807) is 10.7 Å². The standard InChI is InChI=1S/C19H28N4O2/c24-18-5-1-2-10-22(18)13-12-21-11-3-4-16(21)14-23-19(25)9-8-17(20-23)15-6-7-15/h8-9,15-16H,1-7,10-14H2. The molecule has 1 unspecified atom stereocenters. The van der Waals surface area contributed by atoms with Gasteiger partial charge in [-0.3, -0.25) is 14.5 Å². The van der Waals surface area contributed by atoms with Crippen LogP contribution in [0.2, 0.25) is 0 Å². The minimum Gasteiger partial charge on any atom is -0.341 e. The van der Waals surface area contributed by atoms with Crippen molar-refractivity contribution in [3.63, 3.8) is 0 Å². The van der Waals surface area contributed by atoms with Crippen molar-refractivity contribution < 1.29 is 4.79 Å². The zero-order valence-electron chi connectivity index (χ0n) is 14.9. The van der Waals surface area contributed by atoms with Crippen molar-refractivity contribution in [1.29, 1.82) is 0 Å². The Morgan fingerprint density at radius 2 is 1.88 bits per heavy atom. The van der Waals surface area contributed by atoms with E-state index in [2.05, 4.69) is 10.00 Å². The molecule has 1 atom stereocenters. The van der Waals surface area contributed by atoms with E-state index in [0.717, 1.165) is 57.6 Å². The third-order valence-corrected chi connectivity index (χ3v) is 5.84. The monoisotopic (exact) mass is 344 g/mol. The van der Waals surface area contributed by atoms with Crippen molar-refractivity contribution in [2.45, 2.75) is 63.5 Å². The van der Waals surface area contributed by atoms with E-state index in [0.29, 0.717) is 30.8 Å². The van der Waals surface area contributed by atoms with Gasteiger partial charge in [-0.1, -0.05) is 0 Å². The number of aromatic nitrogens is 2. The summed E-state index contributed by atoms with van der Waals surface area (Å²) < 4.78 is 1.67. The van der Waals surface area contributed by atoms with Crippen molar-refractivity contribution >= 4 is 5.91 Å². The minimum atomic E-state index is 0.00228. The van der Waals surface area contributed by atoms with E-state index in [4.69, 9.17) is 0 Å². The van der Waals surface area contributed by atoms with Crippen LogP contribution in [-0.4, -0.2) is 57.7 Å². The number of piperidine rings is 1. The van der Waals surface area contributed by atoms with E-state index in [1.165, 1.54) is 12.8 Å². The number of amides is 1. The Morgan fingerprint density at radius 1 is 1.00 bits per heavy atom. The first-order chi connectivity index (χ1) is 12.2. The number of carbonyl (C=O) groups excluding carboxylic acids is 1. The average Bonchev–Trinajstić information content (AvgIpc) is 3.37. The van der Waals surface area contributed by atoms with Gasteiger partial charge in [0.2, 0.25) is 5.91 Å². The molecule has 3 heterocycles. The molecule has 1 aromatic rings. The molecule has 2 aliphatic heterocycles. The predicted molar refractivity (Wildman–Crippen MR) is 95.5 cm³/mol. The van der Waals surface area contributed by atoms with E-state index < -0.39 is 0 Å². The molecule has 6 heteroatoms. The quantitative estimate of drug-likeness (QED) is 0.786. The molecule has 25 heavy (non-hydrogen) atoms. The fourth-order valence-electron chi connectivity index (χ4n) is 4.14. The maximum atomic E-state index is 12.2. The Kier molecular flexibility index (Phi) is 4.88. The van der Waals surface area contributed by atoms with Crippen molar-refractivity contribution in [3.05, 3.63) is 28.2 Å². The van der Waals surface area contributed by atoms with Gasteiger partial charge in [0.05, 0.1) is 12.2 Å². The Hall–Kier alpha value is -1.69. The van der Waals surface area contributed by atoms with Crippen LogP contribution in [0.3, 0.4) is 0 Å². The predicted octanol–water partition coefficient (Wildman–Crippen LogP) is 1.60. The molecule has 136 valence electrons. The van der Waals surface area contributed by atoms with Gasteiger partial charge >= 0.3 is 0 Å². The molecular weight excluding hydrogens is 316 g/mol. The second kappa shape index (κ2) is 7.28. The zero-order valence-corrected chi connectivity index (χ0v) is 14.9. The summed E-state index contributed by atoms with van der Waals surface area (Å²) in [4.78, 5) is 28.6. The molecule has 0 spiro atoms. The molecule has 0 N–H and O–H groups in total. The second-order valence-electron chi connectivity index (χ2n) is 7.72. The van der Waals surface area contributed by atoms with Crippen LogP contribution >= 0.6 is 0 Å². The first-order valence-electron chi connectivity index (χ1n) is 9.80. The van der Waals surface area contributed by atoms with Gasteiger partial charge in [0, 0.05) is 44.1 Å². The second-order valence-corrected chi connectivity index (χ2v) is 7.72. The lowest BCUT2D eigenvalue weighted by molar-refractivity contribution is -0.133. The van der Waals surface area contributed by atoms with Gasteiger partial charge in [-0.25, -0.2) is 4.68 Å². The Morgan fingerprint density at radius 3 is 2.68 bits per heavy atom. The van der Waals surface area contributed by atoms with E-state index in [1.807, 2.05) is 11.0 Å². The van der Waals surface area contributed by atoms with Crippen LogP contribution in [0.15, 0.2) is 16.9 Å². The van der Waals surface area contributed by atoms with Crippen molar-refractivity contribution in [3.8, 4) is 0 Å². The van der Waals surface area contributed by atoms with Crippen molar-refractivity contribution in [1.82, 2.24) is 19.6 Å². The van der Waals surface area contributed by atoms with Crippen LogP contribution in [0, 0.1) is 0 Å². The van der Waals surface area contributed by atoms with Gasteiger partial charge in [-0.05, 0) is 51.1 Å². The fraction of sp³-hybridized carbons (Fsp3) is 0.737. The molecule has 1 saturated carbocycles. The molecule has 1 amide bonds. The van der Waals surface area contributed by atoms with Crippen molar-refractivity contribution in [2.75, 3.05) is 26.2 Å². The summed E-state index contributed by atoms with van der Waals surface area (Å²) in [5.41, 5.74) is 1.07. The summed E-state index contributed by atoms with van der Waals surface area (Å²) >= 11 is 0. The maximum absolute atomic E-state index is 12.2. The highest BCUT2D eigenvalue weighted by Crippen LogP contribution is 2.38. The summed E-state index contributed by atoms with van der Waals surface area (Å²) in [7, 11) is 0. The molecule has 0 aromatic carbocycles. The maximum Gasteiger partial charge on any atom is 0.266 e. The summed E-state index contributed by atoms with van der Waals surface area (Å²) in [6.07, 6.45) is 7.54. The lowest BCUT2D eigenvalue weighted by Gasteiger charge is -2.31. The number of hydrogen-bond acceptors (Lipinski definition) is 4. The number of likely N-dealkylation sites (tertiary alicyclic amines) is 2. The number of hydrogen-bond donors (Lipinski definition) is 0. The van der Waals surface area contributed by atoms with Crippen LogP contribution in [0.4, 0.5) is 0 Å². The normalized spacial score (nSPS) is 24.9. The average molecular weight is 344 g/mol. The molecule has 3 aliphatic rings. The van der Waals surface area contributed by atoms with E-state index in [-0.39, 0.29) is 5.56 Å². The minimum absolute atomic E-state index is 0.00228. The third-order valence-electron chi connectivity index (χ3n) is 5.84. The van der Waals surface area contributed by atoms with Gasteiger partial charge in [0.25, 0.3) is 5.56 Å². The molecule has 0 bridgehead atoms. The third kappa shape index (κ3) is 3.94. The Bertz CT molecular complexity index is 682. The molecular formula is C19H28N4O2. The lowest BCUT2D eigenvalue weighted by atomic mass is 10.1. The van der Waals surface area contributed by atoms with Gasteiger partial charge in [-0.15, -0.1) is 0 Å². The van der Waals surface area contributed by atoms with Crippen LogP contribution < -0.4 is 5.56 Å². The van der Waals surface area contributed by atoms with E-state index in [9.17, 15) is 9.59 Å². The topological polar surface area (TPSA) is 58.4 Å². The number of nitrogens with zero attached hydrogens (tertiary/aromatic N) is 4. The van der Waals surface area contributed by atoms with Gasteiger partial charge < -0.3 is 4.90 Å². The highest BCUT2D eigenvalue weighted by Gasteiger charge is 2.29. The first-order valence-corrected chi connectivity index (χ1v) is 9.80. The first kappa shape index (κ1) is 16.8. The van der Waals surface area contributed by atoms with Crippen LogP contribution in [-0.2, 0) is 11.3 Å². The molecule has 4 rings (SSSR count). The summed E-state index contributed by atoms with van der Waals surface area (Å²) in [5, 5.41) is 4.61. The summed E-state index contributed by atoms with van der Waals surface area (Å²) in [6, 6.07) is 3.93. The fourth-order valence-corrected chi connectivity index (χ4v) is 4.14. The van der Waals surface area contributed by atoms with Gasteiger partial charge in [0.1, 0.15) is 0 Å². The SMILES string of the molecule is O=C1CCCCN1CCN1CCCC1Cn1nc(C2CC2)ccc1=O. The largest absolute Gasteiger partial charge is 0.341 e. The molecule has 1 aromatic heterocycles. The molecule has 6 nitrogen and oxygen atoms in total. The lowest BCUT2D eigenvalue weighted by Crippen LogP contribution is -2.44. The Labute approximate surface area is 148 Å². The number of carbonyl (C=O) groups is 1. The summed E-state index contributed by atoms with van der Waals surface area (Å²) in [5.74, 6) is 0.869. The Balaban J connectivity index is 1.37. The van der Waals surface area contributed by atoms with Gasteiger partial charge in [-0.2, -0.15) is 5.10 Å². The van der Waals surface area contributed by atoms with E-state index >= 15 is 0 Å².